The van der Waals surface area contributed by atoms with Gasteiger partial charge in [-0.25, -0.2) is 0 Å². The van der Waals surface area contributed by atoms with Gasteiger partial charge in [0.05, 0.1) is 12.7 Å². The summed E-state index contributed by atoms with van der Waals surface area (Å²) in [5, 5.41) is 6.41. The molecule has 2 rings (SSSR count). The lowest BCUT2D eigenvalue weighted by Crippen LogP contribution is -2.43. The van der Waals surface area contributed by atoms with Gasteiger partial charge in [-0.05, 0) is 44.2 Å². The van der Waals surface area contributed by atoms with E-state index in [-0.39, 0.29) is 17.4 Å². The fourth-order valence-corrected chi connectivity index (χ4v) is 2.77. The van der Waals surface area contributed by atoms with Crippen LogP contribution in [0.15, 0.2) is 0 Å². The largest absolute Gasteiger partial charge is 0.381 e. The van der Waals surface area contributed by atoms with Gasteiger partial charge in [-0.3, -0.25) is 4.79 Å². The Balaban J connectivity index is 1.55. The molecule has 0 saturated carbocycles. The molecule has 0 aliphatic carbocycles. The van der Waals surface area contributed by atoms with Gasteiger partial charge in [0.1, 0.15) is 0 Å². The lowest BCUT2D eigenvalue weighted by molar-refractivity contribution is -0.123. The van der Waals surface area contributed by atoms with Crippen molar-refractivity contribution in [1.82, 2.24) is 10.6 Å². The lowest BCUT2D eigenvalue weighted by atomic mass is 9.81. The van der Waals surface area contributed by atoms with Gasteiger partial charge in [0.25, 0.3) is 0 Å². The lowest BCUT2D eigenvalue weighted by Gasteiger charge is -2.34. The summed E-state index contributed by atoms with van der Waals surface area (Å²) in [4.78, 5) is 11.8. The van der Waals surface area contributed by atoms with Crippen molar-refractivity contribution in [3.8, 4) is 0 Å². The number of ether oxygens (including phenoxy) is 2. The predicted octanol–water partition coefficient (Wildman–Crippen LogP) is 1.08. The Morgan fingerprint density at radius 3 is 2.75 bits per heavy atom. The van der Waals surface area contributed by atoms with E-state index in [0.717, 1.165) is 58.5 Å². The molecule has 2 heterocycles. The van der Waals surface area contributed by atoms with Crippen LogP contribution in [0.5, 0.6) is 0 Å². The highest BCUT2D eigenvalue weighted by Crippen LogP contribution is 2.26. The molecule has 0 radical (unpaired) electrons. The van der Waals surface area contributed by atoms with E-state index < -0.39 is 0 Å². The zero-order valence-electron chi connectivity index (χ0n) is 12.6. The van der Waals surface area contributed by atoms with Crippen LogP contribution >= 0.6 is 0 Å². The van der Waals surface area contributed by atoms with Crippen molar-refractivity contribution in [3.05, 3.63) is 0 Å². The average Bonchev–Trinajstić information content (AvgIpc) is 2.47. The summed E-state index contributed by atoms with van der Waals surface area (Å²) in [7, 11) is 0. The topological polar surface area (TPSA) is 59.6 Å². The summed E-state index contributed by atoms with van der Waals surface area (Å²) in [6, 6.07) is 0. The first-order chi connectivity index (χ1) is 9.68. The molecule has 0 bridgehead atoms. The maximum Gasteiger partial charge on any atom is 0.222 e. The summed E-state index contributed by atoms with van der Waals surface area (Å²) >= 11 is 0. The summed E-state index contributed by atoms with van der Waals surface area (Å²) < 4.78 is 11.0. The Hall–Kier alpha value is -0.650. The fraction of sp³-hybridized carbons (Fsp3) is 0.933. The Kier molecular flexibility index (Phi) is 6.26. The highest BCUT2D eigenvalue weighted by molar-refractivity contribution is 5.75. The summed E-state index contributed by atoms with van der Waals surface area (Å²) in [5.41, 5.74) is 0.252. The molecule has 2 aliphatic heterocycles. The van der Waals surface area contributed by atoms with E-state index in [2.05, 4.69) is 17.6 Å². The number of hydrogen-bond acceptors (Lipinski definition) is 4. The highest BCUT2D eigenvalue weighted by Gasteiger charge is 2.26. The van der Waals surface area contributed by atoms with Gasteiger partial charge in [0.2, 0.25) is 5.91 Å². The molecule has 20 heavy (non-hydrogen) atoms. The maximum atomic E-state index is 11.8. The molecule has 116 valence electrons. The molecular weight excluding hydrogens is 256 g/mol. The van der Waals surface area contributed by atoms with Crippen LogP contribution < -0.4 is 10.6 Å². The molecule has 1 amide bonds. The standard InChI is InChI=1S/C15H28N2O3/c1-15(5-7-16-8-6-15)12-17-14(18)4-11-20-13-2-9-19-10-3-13/h13,16H,2-12H2,1H3,(H,17,18). The van der Waals surface area contributed by atoms with Crippen LogP contribution in [0.25, 0.3) is 0 Å². The van der Waals surface area contributed by atoms with Gasteiger partial charge in [-0.15, -0.1) is 0 Å². The normalized spacial score (nSPS) is 23.4. The minimum absolute atomic E-state index is 0.108. The van der Waals surface area contributed by atoms with Gasteiger partial charge in [0.15, 0.2) is 0 Å². The Morgan fingerprint density at radius 2 is 2.05 bits per heavy atom. The summed E-state index contributed by atoms with van der Waals surface area (Å²) in [6.45, 7) is 7.23. The zero-order valence-corrected chi connectivity index (χ0v) is 12.6. The third kappa shape index (κ3) is 5.38. The molecule has 2 aliphatic rings. The molecule has 5 nitrogen and oxygen atoms in total. The first kappa shape index (κ1) is 15.7. The van der Waals surface area contributed by atoms with Gasteiger partial charge < -0.3 is 20.1 Å². The van der Waals surface area contributed by atoms with Crippen LogP contribution in [-0.4, -0.2) is 51.5 Å². The molecule has 0 aromatic carbocycles. The molecular formula is C15H28N2O3. The molecule has 0 unspecified atom stereocenters. The Labute approximate surface area is 121 Å². The average molecular weight is 284 g/mol. The van der Waals surface area contributed by atoms with E-state index in [4.69, 9.17) is 9.47 Å². The molecule has 0 aromatic heterocycles. The van der Waals surface area contributed by atoms with Crippen LogP contribution in [-0.2, 0) is 14.3 Å². The second-order valence-electron chi connectivity index (χ2n) is 6.27. The quantitative estimate of drug-likeness (QED) is 0.766. The number of nitrogens with one attached hydrogen (secondary N) is 2. The second kappa shape index (κ2) is 7.96. The van der Waals surface area contributed by atoms with Crippen LogP contribution in [0.4, 0.5) is 0 Å². The van der Waals surface area contributed by atoms with Crippen molar-refractivity contribution in [3.63, 3.8) is 0 Å². The smallest absolute Gasteiger partial charge is 0.222 e. The van der Waals surface area contributed by atoms with Gasteiger partial charge in [0, 0.05) is 26.2 Å². The molecule has 0 spiro atoms. The zero-order chi connectivity index (χ0) is 14.3. The van der Waals surface area contributed by atoms with E-state index in [9.17, 15) is 4.79 Å². The molecule has 5 heteroatoms. The minimum Gasteiger partial charge on any atom is -0.381 e. The number of amides is 1. The molecule has 2 saturated heterocycles. The first-order valence-electron chi connectivity index (χ1n) is 7.85. The molecule has 0 atom stereocenters. The third-order valence-electron chi connectivity index (χ3n) is 4.37. The number of carbonyl (C=O) groups excluding carboxylic acids is 1. The first-order valence-corrected chi connectivity index (χ1v) is 7.85. The van der Waals surface area contributed by atoms with Crippen LogP contribution in [0.3, 0.4) is 0 Å². The number of rotatable bonds is 6. The summed E-state index contributed by atoms with van der Waals surface area (Å²) in [5.74, 6) is 0.108. The van der Waals surface area contributed by atoms with Crippen molar-refractivity contribution >= 4 is 5.91 Å². The van der Waals surface area contributed by atoms with Crippen molar-refractivity contribution in [2.75, 3.05) is 39.5 Å². The van der Waals surface area contributed by atoms with Gasteiger partial charge in [-0.2, -0.15) is 0 Å². The van der Waals surface area contributed by atoms with Gasteiger partial charge in [-0.1, -0.05) is 6.92 Å². The van der Waals surface area contributed by atoms with Crippen LogP contribution in [0.1, 0.15) is 39.0 Å². The van der Waals surface area contributed by atoms with E-state index in [0.29, 0.717) is 13.0 Å². The third-order valence-corrected chi connectivity index (χ3v) is 4.37. The minimum atomic E-state index is 0.108. The molecule has 2 N–H and O–H groups in total. The van der Waals surface area contributed by atoms with Crippen molar-refractivity contribution in [2.45, 2.75) is 45.1 Å². The van der Waals surface area contributed by atoms with E-state index in [1.165, 1.54) is 0 Å². The van der Waals surface area contributed by atoms with Crippen molar-refractivity contribution in [2.24, 2.45) is 5.41 Å². The van der Waals surface area contributed by atoms with Crippen LogP contribution in [0.2, 0.25) is 0 Å². The van der Waals surface area contributed by atoms with Crippen LogP contribution in [0, 0.1) is 5.41 Å². The van der Waals surface area contributed by atoms with E-state index >= 15 is 0 Å². The van der Waals surface area contributed by atoms with E-state index in [1.807, 2.05) is 0 Å². The SMILES string of the molecule is CC1(CNC(=O)CCOC2CCOCC2)CCNCC1. The van der Waals surface area contributed by atoms with Crippen molar-refractivity contribution in [1.29, 1.82) is 0 Å². The second-order valence-corrected chi connectivity index (χ2v) is 6.27. The molecule has 0 aromatic rings. The Bertz CT molecular complexity index is 297. The maximum absolute atomic E-state index is 11.8. The predicted molar refractivity (Wildman–Crippen MR) is 77.6 cm³/mol. The number of hydrogen-bond donors (Lipinski definition) is 2. The number of carbonyl (C=O) groups is 1. The Morgan fingerprint density at radius 1 is 1.35 bits per heavy atom. The van der Waals surface area contributed by atoms with E-state index in [1.54, 1.807) is 0 Å². The highest BCUT2D eigenvalue weighted by atomic mass is 16.5. The van der Waals surface area contributed by atoms with Crippen molar-refractivity contribution < 1.29 is 14.3 Å². The fourth-order valence-electron chi connectivity index (χ4n) is 2.77. The summed E-state index contributed by atoms with van der Waals surface area (Å²) in [6.07, 6.45) is 4.90. The monoisotopic (exact) mass is 284 g/mol. The molecule has 2 fully saturated rings. The van der Waals surface area contributed by atoms with Gasteiger partial charge >= 0.3 is 0 Å². The number of piperidine rings is 1.